The van der Waals surface area contributed by atoms with Gasteiger partial charge in [-0.05, 0) is 74.4 Å². The fourth-order valence-electron chi connectivity index (χ4n) is 4.59. The van der Waals surface area contributed by atoms with Crippen molar-refractivity contribution in [3.8, 4) is 0 Å². The third-order valence-corrected chi connectivity index (χ3v) is 7.05. The van der Waals surface area contributed by atoms with Crippen LogP contribution in [-0.2, 0) is 12.8 Å². The van der Waals surface area contributed by atoms with Crippen molar-refractivity contribution in [1.29, 1.82) is 0 Å². The van der Waals surface area contributed by atoms with Gasteiger partial charge in [-0.3, -0.25) is 9.69 Å². The van der Waals surface area contributed by atoms with Gasteiger partial charge in [0.1, 0.15) is 0 Å². The summed E-state index contributed by atoms with van der Waals surface area (Å²) in [5.41, 5.74) is 2.77. The lowest BCUT2D eigenvalue weighted by atomic mass is 9.93. The van der Waals surface area contributed by atoms with Gasteiger partial charge < -0.3 is 10.0 Å². The molecule has 0 aromatic carbocycles. The lowest BCUT2D eigenvalue weighted by molar-refractivity contribution is 0.0241. The number of piperidine rings is 2. The summed E-state index contributed by atoms with van der Waals surface area (Å²) in [4.78, 5) is 18.5. The summed E-state index contributed by atoms with van der Waals surface area (Å²) in [6, 6.07) is 0.543. The zero-order valence-electron chi connectivity index (χ0n) is 14.4. The Hall–Kier alpha value is -0.910. The van der Waals surface area contributed by atoms with E-state index in [0.717, 1.165) is 69.6 Å². The van der Waals surface area contributed by atoms with E-state index in [4.69, 9.17) is 0 Å². The first-order chi connectivity index (χ1) is 11.7. The number of hydrogen-bond acceptors (Lipinski definition) is 4. The van der Waals surface area contributed by atoms with Crippen LogP contribution in [0.25, 0.3) is 0 Å². The molecule has 0 spiro atoms. The second-order valence-electron chi connectivity index (χ2n) is 7.59. The van der Waals surface area contributed by atoms with Crippen molar-refractivity contribution in [2.45, 2.75) is 63.5 Å². The summed E-state index contributed by atoms with van der Waals surface area (Å²) in [7, 11) is 0. The molecule has 1 aromatic heterocycles. The summed E-state index contributed by atoms with van der Waals surface area (Å²) < 4.78 is 0. The molecule has 1 amide bonds. The molecule has 0 saturated carbocycles. The Bertz CT molecular complexity index is 592. The van der Waals surface area contributed by atoms with E-state index in [9.17, 15) is 9.90 Å². The first kappa shape index (κ1) is 16.6. The number of thiophene rings is 1. The molecular formula is C19H28N2O2S. The molecule has 4 rings (SSSR count). The molecule has 0 bridgehead atoms. The van der Waals surface area contributed by atoms with Gasteiger partial charge in [-0.1, -0.05) is 0 Å². The zero-order valence-corrected chi connectivity index (χ0v) is 15.2. The number of fused-ring (bicyclic) bond motifs is 1. The molecule has 1 unspecified atom stereocenters. The SMILES string of the molecule is O=C(c1scc2c1CCCC2)N1CCC(N2CCCC(O)C2)CC1. The predicted octanol–water partition coefficient (Wildman–Crippen LogP) is 2.69. The quantitative estimate of drug-likeness (QED) is 0.894. The van der Waals surface area contributed by atoms with Gasteiger partial charge in [0.05, 0.1) is 11.0 Å². The van der Waals surface area contributed by atoms with Crippen LogP contribution in [0.5, 0.6) is 0 Å². The molecule has 1 aliphatic carbocycles. The number of carbonyl (C=O) groups excluding carboxylic acids is 1. The average molecular weight is 349 g/mol. The molecule has 132 valence electrons. The number of aliphatic hydroxyl groups is 1. The maximum Gasteiger partial charge on any atom is 0.264 e. The van der Waals surface area contributed by atoms with Crippen LogP contribution in [0.15, 0.2) is 5.38 Å². The van der Waals surface area contributed by atoms with Crippen molar-refractivity contribution < 1.29 is 9.90 Å². The maximum absolute atomic E-state index is 13.0. The van der Waals surface area contributed by atoms with Crippen LogP contribution in [0.4, 0.5) is 0 Å². The predicted molar refractivity (Wildman–Crippen MR) is 96.7 cm³/mol. The van der Waals surface area contributed by atoms with Crippen LogP contribution in [0, 0.1) is 0 Å². The number of hydrogen-bond donors (Lipinski definition) is 1. The Labute approximate surface area is 148 Å². The van der Waals surface area contributed by atoms with Gasteiger partial charge in [-0.25, -0.2) is 0 Å². The van der Waals surface area contributed by atoms with Gasteiger partial charge in [0, 0.05) is 25.7 Å². The molecule has 3 heterocycles. The molecule has 0 radical (unpaired) electrons. The first-order valence-corrected chi connectivity index (χ1v) is 10.4. The number of amides is 1. The number of likely N-dealkylation sites (tertiary alicyclic amines) is 2. The Morgan fingerprint density at radius 1 is 1.08 bits per heavy atom. The molecule has 1 N–H and O–H groups in total. The van der Waals surface area contributed by atoms with Gasteiger partial charge >= 0.3 is 0 Å². The third kappa shape index (κ3) is 3.26. The molecule has 5 heteroatoms. The average Bonchev–Trinajstić information content (AvgIpc) is 3.05. The Balaban J connectivity index is 1.37. The minimum Gasteiger partial charge on any atom is -0.392 e. The minimum absolute atomic E-state index is 0.156. The monoisotopic (exact) mass is 348 g/mol. The second kappa shape index (κ2) is 7.14. The number of carbonyl (C=O) groups is 1. The summed E-state index contributed by atoms with van der Waals surface area (Å²) in [5, 5.41) is 12.1. The van der Waals surface area contributed by atoms with E-state index in [1.165, 1.54) is 24.0 Å². The van der Waals surface area contributed by atoms with E-state index < -0.39 is 0 Å². The van der Waals surface area contributed by atoms with Crippen LogP contribution in [-0.4, -0.2) is 59.1 Å². The second-order valence-corrected chi connectivity index (χ2v) is 8.47. The summed E-state index contributed by atoms with van der Waals surface area (Å²) >= 11 is 1.66. The number of aryl methyl sites for hydroxylation is 1. The van der Waals surface area contributed by atoms with E-state index in [-0.39, 0.29) is 12.0 Å². The van der Waals surface area contributed by atoms with Crippen molar-refractivity contribution in [1.82, 2.24) is 9.80 Å². The van der Waals surface area contributed by atoms with Crippen LogP contribution >= 0.6 is 11.3 Å². The van der Waals surface area contributed by atoms with Crippen molar-refractivity contribution in [3.63, 3.8) is 0 Å². The molecule has 1 atom stereocenters. The van der Waals surface area contributed by atoms with Gasteiger partial charge in [-0.15, -0.1) is 11.3 Å². The summed E-state index contributed by atoms with van der Waals surface area (Å²) in [5.74, 6) is 0.264. The Morgan fingerprint density at radius 3 is 2.67 bits per heavy atom. The zero-order chi connectivity index (χ0) is 16.5. The van der Waals surface area contributed by atoms with Gasteiger partial charge in [-0.2, -0.15) is 0 Å². The number of β-amino-alcohol motifs (C(OH)–C–C–N with tert-alkyl or cyclic N) is 1. The van der Waals surface area contributed by atoms with Crippen molar-refractivity contribution in [2.24, 2.45) is 0 Å². The van der Waals surface area contributed by atoms with E-state index in [1.54, 1.807) is 11.3 Å². The largest absolute Gasteiger partial charge is 0.392 e. The smallest absolute Gasteiger partial charge is 0.264 e. The lowest BCUT2D eigenvalue weighted by Gasteiger charge is -2.41. The van der Waals surface area contributed by atoms with Crippen molar-refractivity contribution >= 4 is 17.2 Å². The molecular weight excluding hydrogens is 320 g/mol. The number of aliphatic hydroxyl groups excluding tert-OH is 1. The van der Waals surface area contributed by atoms with E-state index in [2.05, 4.69) is 15.2 Å². The minimum atomic E-state index is -0.156. The number of nitrogens with zero attached hydrogens (tertiary/aromatic N) is 2. The maximum atomic E-state index is 13.0. The van der Waals surface area contributed by atoms with Crippen molar-refractivity contribution in [3.05, 3.63) is 21.4 Å². The lowest BCUT2D eigenvalue weighted by Crippen LogP contribution is -2.50. The Kier molecular flexibility index (Phi) is 4.93. The molecule has 3 aliphatic rings. The van der Waals surface area contributed by atoms with E-state index >= 15 is 0 Å². The topological polar surface area (TPSA) is 43.8 Å². The van der Waals surface area contributed by atoms with Gasteiger partial charge in [0.2, 0.25) is 0 Å². The summed E-state index contributed by atoms with van der Waals surface area (Å²) in [6.07, 6.45) is 8.71. The normalized spacial score (nSPS) is 26.4. The number of rotatable bonds is 2. The van der Waals surface area contributed by atoms with E-state index in [1.807, 2.05) is 0 Å². The fourth-order valence-corrected chi connectivity index (χ4v) is 5.72. The van der Waals surface area contributed by atoms with E-state index in [0.29, 0.717) is 6.04 Å². The summed E-state index contributed by atoms with van der Waals surface area (Å²) in [6.45, 7) is 3.65. The highest BCUT2D eigenvalue weighted by molar-refractivity contribution is 7.12. The van der Waals surface area contributed by atoms with Crippen LogP contribution in [0.3, 0.4) is 0 Å². The molecule has 2 fully saturated rings. The molecule has 2 saturated heterocycles. The molecule has 1 aromatic rings. The standard InChI is InChI=1S/C19H28N2O2S/c22-16-5-3-9-21(12-16)15-7-10-20(11-8-15)19(23)18-17-6-2-1-4-14(17)13-24-18/h13,15-16,22H,1-12H2. The van der Waals surface area contributed by atoms with Crippen molar-refractivity contribution in [2.75, 3.05) is 26.2 Å². The molecule has 24 heavy (non-hydrogen) atoms. The Morgan fingerprint density at radius 2 is 1.88 bits per heavy atom. The van der Waals surface area contributed by atoms with Crippen LogP contribution < -0.4 is 0 Å². The third-order valence-electron chi connectivity index (χ3n) is 5.99. The van der Waals surface area contributed by atoms with Gasteiger partial charge in [0.15, 0.2) is 0 Å². The van der Waals surface area contributed by atoms with Crippen LogP contribution in [0.1, 0.15) is 59.3 Å². The highest BCUT2D eigenvalue weighted by Gasteiger charge is 2.31. The molecule has 2 aliphatic heterocycles. The highest BCUT2D eigenvalue weighted by Crippen LogP contribution is 2.31. The van der Waals surface area contributed by atoms with Gasteiger partial charge in [0.25, 0.3) is 5.91 Å². The highest BCUT2D eigenvalue weighted by atomic mass is 32.1. The fraction of sp³-hybridized carbons (Fsp3) is 0.737. The van der Waals surface area contributed by atoms with Crippen LogP contribution in [0.2, 0.25) is 0 Å². The first-order valence-electron chi connectivity index (χ1n) is 9.53. The molecule has 4 nitrogen and oxygen atoms in total.